The molecule has 0 aliphatic carbocycles. The number of nitrogens with one attached hydrogen (secondary N) is 1. The predicted molar refractivity (Wildman–Crippen MR) is 70.3 cm³/mol. The van der Waals surface area contributed by atoms with Gasteiger partial charge in [0.15, 0.2) is 0 Å². The van der Waals surface area contributed by atoms with E-state index in [1.54, 1.807) is 7.11 Å². The van der Waals surface area contributed by atoms with Gasteiger partial charge in [-0.15, -0.1) is 0 Å². The largest absolute Gasteiger partial charge is 0.497 e. The van der Waals surface area contributed by atoms with Gasteiger partial charge in [-0.2, -0.15) is 0 Å². The second-order valence-corrected chi connectivity index (χ2v) is 4.10. The number of hydrogen-bond acceptors (Lipinski definition) is 2. The Labute approximate surface area is 102 Å². The normalized spacial score (nSPS) is 9.59. The number of rotatable bonds is 5. The lowest BCUT2D eigenvalue weighted by Gasteiger charge is -2.05. The zero-order chi connectivity index (χ0) is 12.7. The van der Waals surface area contributed by atoms with Crippen LogP contribution in [0.25, 0.3) is 0 Å². The number of allylic oxidation sites excluding steroid dienone is 2. The quantitative estimate of drug-likeness (QED) is 0.792. The van der Waals surface area contributed by atoms with Gasteiger partial charge < -0.3 is 10.1 Å². The Bertz CT molecular complexity index is 389. The molecule has 0 saturated carbocycles. The maximum Gasteiger partial charge on any atom is 0.224 e. The lowest BCUT2D eigenvalue weighted by atomic mass is 10.2. The summed E-state index contributed by atoms with van der Waals surface area (Å²) >= 11 is 0. The Morgan fingerprint density at radius 2 is 1.94 bits per heavy atom. The highest BCUT2D eigenvalue weighted by Gasteiger charge is 2.01. The maximum atomic E-state index is 11.6. The SMILES string of the molecule is COc1ccc(NC(=O)CCC=C(C)C)cc1. The van der Waals surface area contributed by atoms with Crippen molar-refractivity contribution >= 4 is 11.6 Å². The van der Waals surface area contributed by atoms with Crippen molar-refractivity contribution in [2.45, 2.75) is 26.7 Å². The van der Waals surface area contributed by atoms with E-state index in [1.165, 1.54) is 5.57 Å². The standard InChI is InChI=1S/C14H19NO2/c1-11(2)5-4-6-14(16)15-12-7-9-13(17-3)10-8-12/h5,7-10H,4,6H2,1-3H3,(H,15,16). The molecule has 1 rings (SSSR count). The van der Waals surface area contributed by atoms with Crippen molar-refractivity contribution < 1.29 is 9.53 Å². The van der Waals surface area contributed by atoms with Crippen LogP contribution in [-0.2, 0) is 4.79 Å². The molecule has 3 heteroatoms. The maximum absolute atomic E-state index is 11.6. The third kappa shape index (κ3) is 5.20. The van der Waals surface area contributed by atoms with Crippen molar-refractivity contribution in [3.05, 3.63) is 35.9 Å². The number of carbonyl (C=O) groups is 1. The molecule has 1 N–H and O–H groups in total. The van der Waals surface area contributed by atoms with Gasteiger partial charge in [-0.25, -0.2) is 0 Å². The van der Waals surface area contributed by atoms with Gasteiger partial charge in [0, 0.05) is 12.1 Å². The van der Waals surface area contributed by atoms with E-state index in [0.717, 1.165) is 17.9 Å². The van der Waals surface area contributed by atoms with Crippen LogP contribution < -0.4 is 10.1 Å². The lowest BCUT2D eigenvalue weighted by Crippen LogP contribution is -2.10. The van der Waals surface area contributed by atoms with Gasteiger partial charge in [-0.05, 0) is 44.5 Å². The Kier molecular flexibility index (Phi) is 5.27. The molecule has 0 aliphatic rings. The van der Waals surface area contributed by atoms with Gasteiger partial charge in [-0.3, -0.25) is 4.79 Å². The Hall–Kier alpha value is -1.77. The first-order valence-electron chi connectivity index (χ1n) is 5.69. The topological polar surface area (TPSA) is 38.3 Å². The molecular formula is C14H19NO2. The minimum Gasteiger partial charge on any atom is -0.497 e. The highest BCUT2D eigenvalue weighted by Crippen LogP contribution is 2.15. The number of amides is 1. The van der Waals surface area contributed by atoms with Crippen LogP contribution >= 0.6 is 0 Å². The summed E-state index contributed by atoms with van der Waals surface area (Å²) in [6.45, 7) is 4.06. The van der Waals surface area contributed by atoms with Gasteiger partial charge >= 0.3 is 0 Å². The zero-order valence-electron chi connectivity index (χ0n) is 10.6. The van der Waals surface area contributed by atoms with Crippen LogP contribution in [0.15, 0.2) is 35.9 Å². The molecule has 0 atom stereocenters. The van der Waals surface area contributed by atoms with Crippen LogP contribution in [0, 0.1) is 0 Å². The van der Waals surface area contributed by atoms with E-state index < -0.39 is 0 Å². The van der Waals surface area contributed by atoms with Crippen LogP contribution in [0.3, 0.4) is 0 Å². The first-order valence-corrected chi connectivity index (χ1v) is 5.69. The molecule has 1 amide bonds. The third-order valence-corrected chi connectivity index (χ3v) is 2.30. The van der Waals surface area contributed by atoms with Gasteiger partial charge in [-0.1, -0.05) is 11.6 Å². The van der Waals surface area contributed by atoms with Crippen molar-refractivity contribution in [1.82, 2.24) is 0 Å². The molecule has 0 heterocycles. The average Bonchev–Trinajstić information content (AvgIpc) is 2.29. The Morgan fingerprint density at radius 3 is 2.47 bits per heavy atom. The lowest BCUT2D eigenvalue weighted by molar-refractivity contribution is -0.116. The summed E-state index contributed by atoms with van der Waals surface area (Å²) < 4.78 is 5.04. The fourth-order valence-corrected chi connectivity index (χ4v) is 1.39. The average molecular weight is 233 g/mol. The molecule has 0 fully saturated rings. The van der Waals surface area contributed by atoms with E-state index in [-0.39, 0.29) is 5.91 Å². The summed E-state index contributed by atoms with van der Waals surface area (Å²) in [5.74, 6) is 0.820. The Balaban J connectivity index is 2.42. The van der Waals surface area contributed by atoms with E-state index in [9.17, 15) is 4.79 Å². The summed E-state index contributed by atoms with van der Waals surface area (Å²) in [5, 5.41) is 2.84. The van der Waals surface area contributed by atoms with Crippen LogP contribution in [0.5, 0.6) is 5.75 Å². The van der Waals surface area contributed by atoms with Gasteiger partial charge in [0.1, 0.15) is 5.75 Å². The summed E-state index contributed by atoms with van der Waals surface area (Å²) in [6, 6.07) is 7.31. The first kappa shape index (κ1) is 13.3. The molecule has 1 aromatic carbocycles. The molecule has 0 aromatic heterocycles. The van der Waals surface area contributed by atoms with Crippen molar-refractivity contribution in [3.8, 4) is 5.75 Å². The van der Waals surface area contributed by atoms with Gasteiger partial charge in [0.25, 0.3) is 0 Å². The van der Waals surface area contributed by atoms with Crippen LogP contribution in [0.1, 0.15) is 26.7 Å². The molecule has 17 heavy (non-hydrogen) atoms. The second kappa shape index (κ2) is 6.74. The molecular weight excluding hydrogens is 214 g/mol. The van der Waals surface area contributed by atoms with Crippen LogP contribution in [0.2, 0.25) is 0 Å². The van der Waals surface area contributed by atoms with E-state index >= 15 is 0 Å². The van der Waals surface area contributed by atoms with E-state index in [4.69, 9.17) is 4.74 Å². The summed E-state index contributed by atoms with van der Waals surface area (Å²) in [5.41, 5.74) is 2.04. The van der Waals surface area contributed by atoms with Crippen molar-refractivity contribution in [2.75, 3.05) is 12.4 Å². The highest BCUT2D eigenvalue weighted by atomic mass is 16.5. The minimum absolute atomic E-state index is 0.0349. The molecule has 0 spiro atoms. The van der Waals surface area contributed by atoms with E-state index in [2.05, 4.69) is 11.4 Å². The molecule has 0 aliphatic heterocycles. The van der Waals surface area contributed by atoms with Crippen LogP contribution in [0.4, 0.5) is 5.69 Å². The molecule has 0 radical (unpaired) electrons. The summed E-state index contributed by atoms with van der Waals surface area (Å²) in [6.07, 6.45) is 3.36. The first-order chi connectivity index (χ1) is 8.11. The number of methoxy groups -OCH3 is 1. The molecule has 0 unspecified atom stereocenters. The fourth-order valence-electron chi connectivity index (χ4n) is 1.39. The molecule has 3 nitrogen and oxygen atoms in total. The second-order valence-electron chi connectivity index (χ2n) is 4.10. The highest BCUT2D eigenvalue weighted by molar-refractivity contribution is 5.90. The smallest absolute Gasteiger partial charge is 0.224 e. The van der Waals surface area contributed by atoms with Gasteiger partial charge in [0.05, 0.1) is 7.11 Å². The van der Waals surface area contributed by atoms with Crippen molar-refractivity contribution in [1.29, 1.82) is 0 Å². The molecule has 92 valence electrons. The number of benzene rings is 1. The summed E-state index contributed by atoms with van der Waals surface area (Å²) in [4.78, 5) is 11.6. The van der Waals surface area contributed by atoms with Crippen molar-refractivity contribution in [2.24, 2.45) is 0 Å². The van der Waals surface area contributed by atoms with Crippen LogP contribution in [-0.4, -0.2) is 13.0 Å². The molecule has 0 saturated heterocycles. The number of carbonyl (C=O) groups excluding carboxylic acids is 1. The fraction of sp³-hybridized carbons (Fsp3) is 0.357. The van der Waals surface area contributed by atoms with Crippen molar-refractivity contribution in [3.63, 3.8) is 0 Å². The zero-order valence-corrected chi connectivity index (χ0v) is 10.6. The van der Waals surface area contributed by atoms with E-state index in [0.29, 0.717) is 6.42 Å². The summed E-state index contributed by atoms with van der Waals surface area (Å²) in [7, 11) is 1.62. The number of anilines is 1. The number of hydrogen-bond donors (Lipinski definition) is 1. The number of ether oxygens (including phenoxy) is 1. The molecule has 0 bridgehead atoms. The Morgan fingerprint density at radius 1 is 1.29 bits per heavy atom. The minimum atomic E-state index is 0.0349. The van der Waals surface area contributed by atoms with E-state index in [1.807, 2.05) is 38.1 Å². The van der Waals surface area contributed by atoms with Gasteiger partial charge in [0.2, 0.25) is 5.91 Å². The predicted octanol–water partition coefficient (Wildman–Crippen LogP) is 3.38. The monoisotopic (exact) mass is 233 g/mol. The molecule has 1 aromatic rings. The third-order valence-electron chi connectivity index (χ3n) is 2.30.